The standard InChI is InChI=1S/C20H30N2O4/c1-20(2,3)26-19(24)22-13-7-6-8-17(22)14-21(4)16-11-9-15(10-12-16)18(23)25-5/h9-12,17H,6-8,13-14H2,1-5H3. The van der Waals surface area contributed by atoms with Crippen molar-refractivity contribution in [1.82, 2.24) is 4.90 Å². The number of piperidine rings is 1. The van der Waals surface area contributed by atoms with Gasteiger partial charge in [-0.2, -0.15) is 0 Å². The Labute approximate surface area is 156 Å². The summed E-state index contributed by atoms with van der Waals surface area (Å²) in [5, 5.41) is 0. The summed E-state index contributed by atoms with van der Waals surface area (Å²) in [4.78, 5) is 28.0. The first-order valence-electron chi connectivity index (χ1n) is 9.10. The normalized spacial score (nSPS) is 17.6. The van der Waals surface area contributed by atoms with Crippen LogP contribution in [0.4, 0.5) is 10.5 Å². The molecule has 1 heterocycles. The number of ether oxygens (including phenoxy) is 2. The van der Waals surface area contributed by atoms with Crippen molar-refractivity contribution in [3.05, 3.63) is 29.8 Å². The van der Waals surface area contributed by atoms with Crippen LogP contribution in [0.15, 0.2) is 24.3 Å². The number of nitrogens with zero attached hydrogens (tertiary/aromatic N) is 2. The first-order chi connectivity index (χ1) is 12.2. The highest BCUT2D eigenvalue weighted by molar-refractivity contribution is 5.89. The molecule has 0 saturated carbocycles. The summed E-state index contributed by atoms with van der Waals surface area (Å²) in [5.74, 6) is -0.345. The second-order valence-electron chi connectivity index (χ2n) is 7.74. The summed E-state index contributed by atoms with van der Waals surface area (Å²) in [6.07, 6.45) is 2.84. The zero-order valence-electron chi connectivity index (χ0n) is 16.4. The van der Waals surface area contributed by atoms with Gasteiger partial charge in [-0.25, -0.2) is 9.59 Å². The Balaban J connectivity index is 2.04. The van der Waals surface area contributed by atoms with Crippen LogP contribution in [0.5, 0.6) is 0 Å². The van der Waals surface area contributed by atoms with Crippen LogP contribution in [0.2, 0.25) is 0 Å². The second kappa shape index (κ2) is 8.43. The number of anilines is 1. The Kier molecular flexibility index (Phi) is 6.51. The third-order valence-electron chi connectivity index (χ3n) is 4.47. The fraction of sp³-hybridized carbons (Fsp3) is 0.600. The van der Waals surface area contributed by atoms with E-state index in [-0.39, 0.29) is 18.1 Å². The van der Waals surface area contributed by atoms with Gasteiger partial charge in [-0.3, -0.25) is 0 Å². The lowest BCUT2D eigenvalue weighted by atomic mass is 10.0. The number of benzene rings is 1. The summed E-state index contributed by atoms with van der Waals surface area (Å²) < 4.78 is 10.3. The highest BCUT2D eigenvalue weighted by atomic mass is 16.6. The zero-order chi connectivity index (χ0) is 19.3. The van der Waals surface area contributed by atoms with Crippen LogP contribution in [-0.4, -0.2) is 55.9 Å². The molecule has 1 aliphatic rings. The smallest absolute Gasteiger partial charge is 0.410 e. The fourth-order valence-corrected chi connectivity index (χ4v) is 3.14. The van der Waals surface area contributed by atoms with Crippen molar-refractivity contribution in [2.75, 3.05) is 32.1 Å². The third kappa shape index (κ3) is 5.38. The van der Waals surface area contributed by atoms with E-state index < -0.39 is 5.60 Å². The molecule has 1 unspecified atom stereocenters. The minimum atomic E-state index is -0.491. The molecular weight excluding hydrogens is 332 g/mol. The van der Waals surface area contributed by atoms with E-state index in [0.717, 1.165) is 38.0 Å². The molecule has 144 valence electrons. The van der Waals surface area contributed by atoms with Gasteiger partial charge in [0.05, 0.1) is 18.7 Å². The van der Waals surface area contributed by atoms with Gasteiger partial charge in [-0.1, -0.05) is 0 Å². The van der Waals surface area contributed by atoms with Crippen LogP contribution < -0.4 is 4.90 Å². The molecule has 1 aromatic rings. The van der Waals surface area contributed by atoms with Gasteiger partial charge in [-0.15, -0.1) is 0 Å². The van der Waals surface area contributed by atoms with Crippen molar-refractivity contribution < 1.29 is 19.1 Å². The molecule has 1 amide bonds. The Hall–Kier alpha value is -2.24. The van der Waals surface area contributed by atoms with Crippen LogP contribution in [0.3, 0.4) is 0 Å². The Morgan fingerprint density at radius 3 is 2.42 bits per heavy atom. The van der Waals surface area contributed by atoms with Crippen molar-refractivity contribution >= 4 is 17.7 Å². The van der Waals surface area contributed by atoms with Gasteiger partial charge < -0.3 is 19.3 Å². The monoisotopic (exact) mass is 362 g/mol. The molecule has 2 rings (SSSR count). The maximum absolute atomic E-state index is 12.5. The van der Waals surface area contributed by atoms with Crippen molar-refractivity contribution in [2.24, 2.45) is 0 Å². The summed E-state index contributed by atoms with van der Waals surface area (Å²) in [5.41, 5.74) is 1.03. The minimum Gasteiger partial charge on any atom is -0.465 e. The fourth-order valence-electron chi connectivity index (χ4n) is 3.14. The number of methoxy groups -OCH3 is 1. The highest BCUT2D eigenvalue weighted by Crippen LogP contribution is 2.23. The van der Waals surface area contributed by atoms with Crippen molar-refractivity contribution in [3.63, 3.8) is 0 Å². The number of likely N-dealkylation sites (tertiary alicyclic amines) is 1. The number of esters is 1. The van der Waals surface area contributed by atoms with Crippen LogP contribution in [-0.2, 0) is 9.47 Å². The quantitative estimate of drug-likeness (QED) is 0.765. The molecule has 1 fully saturated rings. The number of rotatable bonds is 4. The van der Waals surface area contributed by atoms with E-state index in [1.54, 1.807) is 12.1 Å². The molecule has 6 heteroatoms. The molecule has 26 heavy (non-hydrogen) atoms. The van der Waals surface area contributed by atoms with Crippen LogP contribution in [0.25, 0.3) is 0 Å². The summed E-state index contributed by atoms with van der Waals surface area (Å²) in [6, 6.07) is 7.41. The van der Waals surface area contributed by atoms with Gasteiger partial charge >= 0.3 is 12.1 Å². The summed E-state index contributed by atoms with van der Waals surface area (Å²) >= 11 is 0. The van der Waals surface area contributed by atoms with Crippen LogP contribution in [0, 0.1) is 0 Å². The van der Waals surface area contributed by atoms with E-state index in [9.17, 15) is 9.59 Å². The minimum absolute atomic E-state index is 0.115. The molecule has 0 aromatic heterocycles. The van der Waals surface area contributed by atoms with Gasteiger partial charge in [0.25, 0.3) is 0 Å². The van der Waals surface area contributed by atoms with E-state index in [2.05, 4.69) is 4.90 Å². The first kappa shape index (κ1) is 20.1. The molecule has 6 nitrogen and oxygen atoms in total. The van der Waals surface area contributed by atoms with Crippen molar-refractivity contribution in [2.45, 2.75) is 51.7 Å². The van der Waals surface area contributed by atoms with E-state index in [1.165, 1.54) is 7.11 Å². The lowest BCUT2D eigenvalue weighted by Gasteiger charge is -2.39. The number of likely N-dealkylation sites (N-methyl/N-ethyl adjacent to an activating group) is 1. The van der Waals surface area contributed by atoms with Crippen LogP contribution in [0.1, 0.15) is 50.4 Å². The van der Waals surface area contributed by atoms with Gasteiger partial charge in [0.1, 0.15) is 5.60 Å². The molecule has 1 aromatic carbocycles. The number of hydrogen-bond donors (Lipinski definition) is 0. The Morgan fingerprint density at radius 1 is 1.19 bits per heavy atom. The van der Waals surface area contributed by atoms with Gasteiger partial charge in [0.15, 0.2) is 0 Å². The predicted octanol–water partition coefficient (Wildman–Crippen LogP) is 3.70. The maximum atomic E-state index is 12.5. The number of carbonyl (C=O) groups excluding carboxylic acids is 2. The third-order valence-corrected chi connectivity index (χ3v) is 4.47. The number of carbonyl (C=O) groups is 2. The topological polar surface area (TPSA) is 59.1 Å². The number of hydrogen-bond acceptors (Lipinski definition) is 5. The first-order valence-corrected chi connectivity index (χ1v) is 9.10. The molecule has 1 aliphatic heterocycles. The van der Waals surface area contributed by atoms with E-state index in [1.807, 2.05) is 44.9 Å². The molecule has 1 atom stereocenters. The molecule has 0 radical (unpaired) electrons. The van der Waals surface area contributed by atoms with Crippen molar-refractivity contribution in [1.29, 1.82) is 0 Å². The zero-order valence-corrected chi connectivity index (χ0v) is 16.4. The van der Waals surface area contributed by atoms with E-state index in [4.69, 9.17) is 9.47 Å². The van der Waals surface area contributed by atoms with Gasteiger partial charge in [0.2, 0.25) is 0 Å². The molecule has 0 N–H and O–H groups in total. The molecular formula is C20H30N2O4. The summed E-state index contributed by atoms with van der Waals surface area (Å²) in [6.45, 7) is 7.11. The highest BCUT2D eigenvalue weighted by Gasteiger charge is 2.31. The maximum Gasteiger partial charge on any atom is 0.410 e. The van der Waals surface area contributed by atoms with Gasteiger partial charge in [0, 0.05) is 25.8 Å². The van der Waals surface area contributed by atoms with E-state index >= 15 is 0 Å². The molecule has 0 bridgehead atoms. The average molecular weight is 362 g/mol. The SMILES string of the molecule is COC(=O)c1ccc(N(C)CC2CCCCN2C(=O)OC(C)(C)C)cc1. The predicted molar refractivity (Wildman–Crippen MR) is 102 cm³/mol. The molecule has 0 aliphatic carbocycles. The van der Waals surface area contributed by atoms with E-state index in [0.29, 0.717) is 5.56 Å². The Bertz CT molecular complexity index is 622. The van der Waals surface area contributed by atoms with Crippen LogP contribution >= 0.6 is 0 Å². The average Bonchev–Trinajstić information content (AvgIpc) is 2.60. The lowest BCUT2D eigenvalue weighted by molar-refractivity contribution is 0.0108. The summed E-state index contributed by atoms with van der Waals surface area (Å²) in [7, 11) is 3.37. The lowest BCUT2D eigenvalue weighted by Crippen LogP contribution is -2.50. The largest absolute Gasteiger partial charge is 0.465 e. The van der Waals surface area contributed by atoms with Gasteiger partial charge in [-0.05, 0) is 64.3 Å². The van der Waals surface area contributed by atoms with Crippen molar-refractivity contribution in [3.8, 4) is 0 Å². The molecule has 0 spiro atoms. The Morgan fingerprint density at radius 2 is 1.85 bits per heavy atom. The molecule has 1 saturated heterocycles. The second-order valence-corrected chi connectivity index (χ2v) is 7.74. The number of amides is 1.